The van der Waals surface area contributed by atoms with E-state index in [0.29, 0.717) is 12.4 Å². The Bertz CT molecular complexity index is 244. The molecule has 0 fully saturated rings. The van der Waals surface area contributed by atoms with Crippen molar-refractivity contribution in [2.75, 3.05) is 24.8 Å². The lowest BCUT2D eigenvalue weighted by atomic mass is 10.5. The van der Waals surface area contributed by atoms with Crippen LogP contribution < -0.4 is 5.32 Å². The van der Waals surface area contributed by atoms with Crippen LogP contribution in [0.1, 0.15) is 0 Å². The molecular weight excluding hydrogens is 177 g/mol. The maximum absolute atomic E-state index is 11.8. The van der Waals surface area contributed by atoms with Crippen molar-refractivity contribution in [1.29, 1.82) is 0 Å². The summed E-state index contributed by atoms with van der Waals surface area (Å²) < 4.78 is 11.8. The number of aromatic nitrogens is 2. The summed E-state index contributed by atoms with van der Waals surface area (Å²) in [7, 11) is 0. The Morgan fingerprint density at radius 3 is 3.08 bits per heavy atom. The molecule has 1 rings (SSSR count). The third-order valence-corrected chi connectivity index (χ3v) is 1.89. The lowest BCUT2D eigenvalue weighted by Gasteiger charge is -2.02. The van der Waals surface area contributed by atoms with Crippen LogP contribution in [0.2, 0.25) is 0 Å². The van der Waals surface area contributed by atoms with E-state index in [0.717, 1.165) is 5.03 Å². The quantitative estimate of drug-likeness (QED) is 0.573. The van der Waals surface area contributed by atoms with E-state index in [2.05, 4.69) is 15.3 Å². The highest BCUT2D eigenvalue weighted by molar-refractivity contribution is 7.98. The Labute approximate surface area is 74.8 Å². The van der Waals surface area contributed by atoms with Crippen molar-refractivity contribution < 1.29 is 4.39 Å². The molecular formula is C7H10FN3S. The van der Waals surface area contributed by atoms with Crippen LogP contribution in [-0.4, -0.2) is 29.4 Å². The van der Waals surface area contributed by atoms with E-state index in [9.17, 15) is 4.39 Å². The topological polar surface area (TPSA) is 37.8 Å². The molecule has 3 nitrogen and oxygen atoms in total. The smallest absolute Gasteiger partial charge is 0.130 e. The Kier molecular flexibility index (Phi) is 3.79. The summed E-state index contributed by atoms with van der Waals surface area (Å²) in [6.07, 6.45) is 3.40. The molecule has 0 aliphatic rings. The van der Waals surface area contributed by atoms with Crippen LogP contribution in [0.5, 0.6) is 0 Å². The number of rotatable bonds is 4. The van der Waals surface area contributed by atoms with Gasteiger partial charge in [0, 0.05) is 12.6 Å². The van der Waals surface area contributed by atoms with Crippen LogP contribution >= 0.6 is 11.8 Å². The minimum Gasteiger partial charge on any atom is -0.367 e. The van der Waals surface area contributed by atoms with Gasteiger partial charge in [0.2, 0.25) is 0 Å². The molecule has 1 N–H and O–H groups in total. The van der Waals surface area contributed by atoms with Crippen LogP contribution in [0.15, 0.2) is 17.4 Å². The molecule has 1 aromatic rings. The van der Waals surface area contributed by atoms with Gasteiger partial charge in [0.05, 0.1) is 0 Å². The summed E-state index contributed by atoms with van der Waals surface area (Å²) in [5, 5.41) is 3.71. The average Bonchev–Trinajstić information content (AvgIpc) is 2.15. The monoisotopic (exact) mass is 187 g/mol. The molecule has 66 valence electrons. The molecule has 0 atom stereocenters. The van der Waals surface area contributed by atoms with E-state index in [4.69, 9.17) is 0 Å². The zero-order valence-corrected chi connectivity index (χ0v) is 7.57. The number of hydrogen-bond acceptors (Lipinski definition) is 4. The first-order valence-corrected chi connectivity index (χ1v) is 4.75. The number of anilines is 1. The molecule has 0 aliphatic carbocycles. The fraction of sp³-hybridized carbons (Fsp3) is 0.429. The van der Waals surface area contributed by atoms with Gasteiger partial charge in [-0.1, -0.05) is 0 Å². The number of nitrogens with zero attached hydrogens (tertiary/aromatic N) is 2. The van der Waals surface area contributed by atoms with Gasteiger partial charge in [-0.05, 0) is 6.26 Å². The Hall–Kier alpha value is -0.840. The largest absolute Gasteiger partial charge is 0.367 e. The van der Waals surface area contributed by atoms with E-state index < -0.39 is 6.67 Å². The molecule has 0 aliphatic heterocycles. The second kappa shape index (κ2) is 4.92. The first kappa shape index (κ1) is 9.25. The van der Waals surface area contributed by atoms with E-state index >= 15 is 0 Å². The first-order valence-electron chi connectivity index (χ1n) is 3.52. The van der Waals surface area contributed by atoms with Gasteiger partial charge in [-0.15, -0.1) is 11.8 Å². The van der Waals surface area contributed by atoms with Gasteiger partial charge in [-0.2, -0.15) is 0 Å². The van der Waals surface area contributed by atoms with E-state index in [1.807, 2.05) is 6.26 Å². The van der Waals surface area contributed by atoms with Crippen molar-refractivity contribution in [3.8, 4) is 0 Å². The highest BCUT2D eigenvalue weighted by atomic mass is 32.2. The third-order valence-electron chi connectivity index (χ3n) is 1.25. The summed E-state index contributed by atoms with van der Waals surface area (Å²) in [6, 6.07) is 1.79. The minimum atomic E-state index is -0.390. The van der Waals surface area contributed by atoms with Crippen LogP contribution in [0.3, 0.4) is 0 Å². The molecule has 0 bridgehead atoms. The number of halogens is 1. The van der Waals surface area contributed by atoms with Crippen LogP contribution in [0.25, 0.3) is 0 Å². The molecule has 0 radical (unpaired) electrons. The molecule has 0 unspecified atom stereocenters. The number of nitrogens with one attached hydrogen (secondary N) is 1. The Morgan fingerprint density at radius 1 is 1.58 bits per heavy atom. The SMILES string of the molecule is CSc1cc(NCCF)ncn1. The number of alkyl halides is 1. The minimum absolute atomic E-state index is 0.296. The van der Waals surface area contributed by atoms with Crippen molar-refractivity contribution in [1.82, 2.24) is 9.97 Å². The van der Waals surface area contributed by atoms with Gasteiger partial charge >= 0.3 is 0 Å². The summed E-state index contributed by atoms with van der Waals surface area (Å²) in [4.78, 5) is 7.91. The van der Waals surface area contributed by atoms with Gasteiger partial charge < -0.3 is 5.32 Å². The summed E-state index contributed by atoms with van der Waals surface area (Å²) in [5.74, 6) is 0.673. The highest BCUT2D eigenvalue weighted by Gasteiger charge is 1.95. The van der Waals surface area contributed by atoms with Crippen molar-refractivity contribution >= 4 is 17.6 Å². The molecule has 0 saturated carbocycles. The Balaban J connectivity index is 2.60. The molecule has 1 aromatic heterocycles. The average molecular weight is 187 g/mol. The van der Waals surface area contributed by atoms with Crippen molar-refractivity contribution in [2.24, 2.45) is 0 Å². The van der Waals surface area contributed by atoms with E-state index in [-0.39, 0.29) is 0 Å². The molecule has 0 saturated heterocycles. The van der Waals surface area contributed by atoms with Gasteiger partial charge in [-0.25, -0.2) is 14.4 Å². The lowest BCUT2D eigenvalue weighted by molar-refractivity contribution is 0.512. The molecule has 1 heterocycles. The predicted octanol–water partition coefficient (Wildman–Crippen LogP) is 1.58. The van der Waals surface area contributed by atoms with E-state index in [1.54, 1.807) is 6.07 Å². The lowest BCUT2D eigenvalue weighted by Crippen LogP contribution is -2.04. The first-order chi connectivity index (χ1) is 5.86. The Morgan fingerprint density at radius 2 is 2.42 bits per heavy atom. The van der Waals surface area contributed by atoms with Crippen LogP contribution in [0.4, 0.5) is 10.2 Å². The second-order valence-electron chi connectivity index (χ2n) is 2.06. The fourth-order valence-corrected chi connectivity index (χ4v) is 1.11. The molecule has 0 amide bonds. The van der Waals surface area contributed by atoms with Crippen molar-refractivity contribution in [2.45, 2.75) is 5.03 Å². The number of thioether (sulfide) groups is 1. The summed E-state index contributed by atoms with van der Waals surface area (Å²) in [5.41, 5.74) is 0. The van der Waals surface area contributed by atoms with Gasteiger partial charge in [-0.3, -0.25) is 0 Å². The summed E-state index contributed by atoms with van der Waals surface area (Å²) in [6.45, 7) is -0.0938. The maximum atomic E-state index is 11.8. The van der Waals surface area contributed by atoms with Crippen LogP contribution in [0, 0.1) is 0 Å². The van der Waals surface area contributed by atoms with Crippen LogP contribution in [-0.2, 0) is 0 Å². The zero-order chi connectivity index (χ0) is 8.81. The molecule has 12 heavy (non-hydrogen) atoms. The highest BCUT2D eigenvalue weighted by Crippen LogP contribution is 2.12. The fourth-order valence-electron chi connectivity index (χ4n) is 0.723. The molecule has 0 spiro atoms. The third kappa shape index (κ3) is 2.65. The van der Waals surface area contributed by atoms with Gasteiger partial charge in [0.1, 0.15) is 23.8 Å². The molecule has 0 aromatic carbocycles. The van der Waals surface area contributed by atoms with Gasteiger partial charge in [0.25, 0.3) is 0 Å². The second-order valence-corrected chi connectivity index (χ2v) is 2.89. The predicted molar refractivity (Wildman–Crippen MR) is 48.3 cm³/mol. The standard InChI is InChI=1S/C7H10FN3S/c1-12-7-4-6(9-3-2-8)10-5-11-7/h4-5H,2-3H2,1H3,(H,9,10,11). The zero-order valence-electron chi connectivity index (χ0n) is 6.75. The normalized spacial score (nSPS) is 9.83. The molecule has 5 heteroatoms. The van der Waals surface area contributed by atoms with Crippen molar-refractivity contribution in [3.63, 3.8) is 0 Å². The van der Waals surface area contributed by atoms with E-state index in [1.165, 1.54) is 18.1 Å². The van der Waals surface area contributed by atoms with Crippen molar-refractivity contribution in [3.05, 3.63) is 12.4 Å². The maximum Gasteiger partial charge on any atom is 0.130 e. The van der Waals surface area contributed by atoms with Gasteiger partial charge in [0.15, 0.2) is 0 Å². The number of hydrogen-bond donors (Lipinski definition) is 1. The summed E-state index contributed by atoms with van der Waals surface area (Å²) >= 11 is 1.53.